The first-order valence-electron chi connectivity index (χ1n) is 6.82. The maximum absolute atomic E-state index is 9.13. The fourth-order valence-corrected chi connectivity index (χ4v) is 3.84. The summed E-state index contributed by atoms with van der Waals surface area (Å²) in [6, 6.07) is 13.1. The van der Waals surface area contributed by atoms with Crippen LogP contribution in [0.3, 0.4) is 0 Å². The molecule has 0 spiro atoms. The van der Waals surface area contributed by atoms with Crippen LogP contribution < -0.4 is 0 Å². The van der Waals surface area contributed by atoms with E-state index in [1.54, 1.807) is 6.07 Å². The molecule has 116 valence electrons. The number of halogens is 2. The Bertz CT molecular complexity index is 1110. The third-order valence-electron chi connectivity index (χ3n) is 3.43. The molecule has 0 unspecified atom stereocenters. The van der Waals surface area contributed by atoms with E-state index in [4.69, 9.17) is 28.5 Å². The van der Waals surface area contributed by atoms with E-state index >= 15 is 0 Å². The van der Waals surface area contributed by atoms with E-state index in [0.29, 0.717) is 27.0 Å². The van der Waals surface area contributed by atoms with Crippen LogP contribution in [-0.4, -0.2) is 20.4 Å². The largest absolute Gasteiger partial charge is 0.247 e. The Morgan fingerprint density at radius 1 is 1.04 bits per heavy atom. The quantitative estimate of drug-likeness (QED) is 0.541. The van der Waals surface area contributed by atoms with Crippen LogP contribution in [0, 0.1) is 11.3 Å². The third-order valence-corrected chi connectivity index (χ3v) is 4.95. The van der Waals surface area contributed by atoms with Gasteiger partial charge in [-0.05, 0) is 36.4 Å². The van der Waals surface area contributed by atoms with Crippen molar-refractivity contribution in [3.8, 4) is 27.9 Å². The molecule has 2 aromatic carbocycles. The van der Waals surface area contributed by atoms with Gasteiger partial charge in [-0.15, -0.1) is 16.4 Å². The monoisotopic (exact) mass is 371 g/mol. The highest BCUT2D eigenvalue weighted by Crippen LogP contribution is 2.35. The first-order chi connectivity index (χ1) is 11.6. The molecule has 5 nitrogen and oxygen atoms in total. The molecular formula is C16H7Cl2N5S. The SMILES string of the molecule is N#Cc1[nH]nnc1-c1cc(Cl)cc(-c2nc3ccc(Cl)cc3s2)c1. The standard InChI is InChI=1S/C16H7Cl2N5S/c17-10-1-2-12-14(6-10)24-16(20-12)9-3-8(4-11(18)5-9)15-13(7-19)21-23-22-15/h1-6H,(H,21,22,23). The summed E-state index contributed by atoms with van der Waals surface area (Å²) < 4.78 is 0.998. The van der Waals surface area contributed by atoms with E-state index < -0.39 is 0 Å². The molecule has 2 aromatic heterocycles. The molecule has 0 aliphatic carbocycles. The lowest BCUT2D eigenvalue weighted by molar-refractivity contribution is 0.937. The topological polar surface area (TPSA) is 78.2 Å². The first kappa shape index (κ1) is 15.1. The molecule has 0 saturated heterocycles. The molecule has 24 heavy (non-hydrogen) atoms. The summed E-state index contributed by atoms with van der Waals surface area (Å²) >= 11 is 13.8. The highest BCUT2D eigenvalue weighted by molar-refractivity contribution is 7.21. The van der Waals surface area contributed by atoms with Gasteiger partial charge in [-0.25, -0.2) is 10.1 Å². The minimum atomic E-state index is 0.291. The van der Waals surface area contributed by atoms with Crippen LogP contribution >= 0.6 is 34.5 Å². The number of thiazole rings is 1. The van der Waals surface area contributed by atoms with Crippen molar-refractivity contribution in [2.24, 2.45) is 0 Å². The molecule has 8 heteroatoms. The van der Waals surface area contributed by atoms with E-state index in [-0.39, 0.29) is 0 Å². The summed E-state index contributed by atoms with van der Waals surface area (Å²) in [4.78, 5) is 4.62. The zero-order valence-electron chi connectivity index (χ0n) is 11.9. The zero-order chi connectivity index (χ0) is 16.7. The number of fused-ring (bicyclic) bond motifs is 1. The van der Waals surface area contributed by atoms with Crippen molar-refractivity contribution in [2.75, 3.05) is 0 Å². The van der Waals surface area contributed by atoms with E-state index in [0.717, 1.165) is 20.8 Å². The van der Waals surface area contributed by atoms with E-state index in [9.17, 15) is 0 Å². The lowest BCUT2D eigenvalue weighted by Gasteiger charge is -2.02. The number of nitrogens with zero attached hydrogens (tertiary/aromatic N) is 4. The van der Waals surface area contributed by atoms with E-state index in [1.165, 1.54) is 11.3 Å². The van der Waals surface area contributed by atoms with Gasteiger partial charge in [-0.3, -0.25) is 0 Å². The molecule has 0 saturated carbocycles. The number of hydrogen-bond donors (Lipinski definition) is 1. The summed E-state index contributed by atoms with van der Waals surface area (Å²) in [6.07, 6.45) is 0. The van der Waals surface area contributed by atoms with Crippen molar-refractivity contribution < 1.29 is 0 Å². The predicted octanol–water partition coefficient (Wildman–Crippen LogP) is 4.93. The number of benzene rings is 2. The molecule has 0 fully saturated rings. The van der Waals surface area contributed by atoms with Gasteiger partial charge in [0.25, 0.3) is 0 Å². The second-order valence-electron chi connectivity index (χ2n) is 5.01. The molecule has 0 radical (unpaired) electrons. The molecule has 0 atom stereocenters. The number of hydrogen-bond acceptors (Lipinski definition) is 5. The summed E-state index contributed by atoms with van der Waals surface area (Å²) in [5.74, 6) is 0. The van der Waals surface area contributed by atoms with Gasteiger partial charge >= 0.3 is 0 Å². The van der Waals surface area contributed by atoms with Gasteiger partial charge < -0.3 is 0 Å². The van der Waals surface area contributed by atoms with Crippen LogP contribution in [0.2, 0.25) is 10.0 Å². The Balaban J connectivity index is 1.87. The van der Waals surface area contributed by atoms with Gasteiger partial charge in [-0.1, -0.05) is 28.4 Å². The number of rotatable bonds is 2. The molecule has 4 aromatic rings. The molecule has 0 amide bonds. The summed E-state index contributed by atoms with van der Waals surface area (Å²) in [6.45, 7) is 0. The van der Waals surface area contributed by atoms with Crippen LogP contribution in [0.4, 0.5) is 0 Å². The minimum absolute atomic E-state index is 0.291. The molecule has 1 N–H and O–H groups in total. The Kier molecular flexibility index (Phi) is 3.69. The van der Waals surface area contributed by atoms with Crippen LogP contribution in [0.1, 0.15) is 5.69 Å². The summed E-state index contributed by atoms with van der Waals surface area (Å²) in [5.41, 5.74) is 3.19. The Hall–Kier alpha value is -2.46. The lowest BCUT2D eigenvalue weighted by Crippen LogP contribution is -1.85. The highest BCUT2D eigenvalue weighted by atomic mass is 35.5. The van der Waals surface area contributed by atoms with Crippen molar-refractivity contribution in [3.63, 3.8) is 0 Å². The van der Waals surface area contributed by atoms with Gasteiger partial charge in [0.05, 0.1) is 10.2 Å². The Labute approximate surface area is 150 Å². The molecule has 2 heterocycles. The summed E-state index contributed by atoms with van der Waals surface area (Å²) in [5, 5.41) is 21.4. The minimum Gasteiger partial charge on any atom is -0.247 e. The first-order valence-corrected chi connectivity index (χ1v) is 8.40. The second-order valence-corrected chi connectivity index (χ2v) is 6.91. The fourth-order valence-electron chi connectivity index (χ4n) is 2.38. The maximum Gasteiger partial charge on any atom is 0.163 e. The smallest absolute Gasteiger partial charge is 0.163 e. The molecule has 4 rings (SSSR count). The molecule has 0 aliphatic rings. The number of nitrogens with one attached hydrogen (secondary N) is 1. The van der Waals surface area contributed by atoms with Crippen molar-refractivity contribution in [1.82, 2.24) is 20.4 Å². The maximum atomic E-state index is 9.13. The Morgan fingerprint density at radius 3 is 2.71 bits per heavy atom. The fraction of sp³-hybridized carbons (Fsp3) is 0. The highest BCUT2D eigenvalue weighted by Gasteiger charge is 2.14. The predicted molar refractivity (Wildman–Crippen MR) is 95.2 cm³/mol. The van der Waals surface area contributed by atoms with Crippen LogP contribution in [0.5, 0.6) is 0 Å². The van der Waals surface area contributed by atoms with Crippen molar-refractivity contribution in [1.29, 1.82) is 5.26 Å². The van der Waals surface area contributed by atoms with Crippen LogP contribution in [0.25, 0.3) is 32.0 Å². The van der Waals surface area contributed by atoms with Gasteiger partial charge in [0.1, 0.15) is 16.8 Å². The van der Waals surface area contributed by atoms with Gasteiger partial charge in [0, 0.05) is 21.2 Å². The van der Waals surface area contributed by atoms with Crippen molar-refractivity contribution >= 4 is 44.8 Å². The number of aromatic amines is 1. The third kappa shape index (κ3) is 2.63. The summed E-state index contributed by atoms with van der Waals surface area (Å²) in [7, 11) is 0. The van der Waals surface area contributed by atoms with Crippen LogP contribution in [-0.2, 0) is 0 Å². The average molecular weight is 372 g/mol. The number of H-pyrrole nitrogens is 1. The average Bonchev–Trinajstić information content (AvgIpc) is 3.20. The zero-order valence-corrected chi connectivity index (χ0v) is 14.2. The molecule has 0 aliphatic heterocycles. The lowest BCUT2D eigenvalue weighted by atomic mass is 10.1. The van der Waals surface area contributed by atoms with Gasteiger partial charge in [0.2, 0.25) is 0 Å². The van der Waals surface area contributed by atoms with Crippen LogP contribution in [0.15, 0.2) is 36.4 Å². The van der Waals surface area contributed by atoms with E-state index in [2.05, 4.69) is 20.4 Å². The van der Waals surface area contributed by atoms with Gasteiger partial charge in [-0.2, -0.15) is 5.26 Å². The molecule has 0 bridgehead atoms. The normalized spacial score (nSPS) is 10.9. The number of nitriles is 1. The second kappa shape index (κ2) is 5.87. The van der Waals surface area contributed by atoms with Crippen molar-refractivity contribution in [3.05, 3.63) is 52.1 Å². The van der Waals surface area contributed by atoms with E-state index in [1.807, 2.05) is 36.4 Å². The Morgan fingerprint density at radius 2 is 1.88 bits per heavy atom. The molecular weight excluding hydrogens is 365 g/mol. The van der Waals surface area contributed by atoms with Crippen molar-refractivity contribution in [2.45, 2.75) is 0 Å². The number of aromatic nitrogens is 4. The van der Waals surface area contributed by atoms with Gasteiger partial charge in [0.15, 0.2) is 5.69 Å².